The Bertz CT molecular complexity index is 678. The summed E-state index contributed by atoms with van der Waals surface area (Å²) in [7, 11) is 0. The van der Waals surface area contributed by atoms with Gasteiger partial charge in [0.2, 0.25) is 5.91 Å². The molecule has 0 N–H and O–H groups in total. The van der Waals surface area contributed by atoms with Crippen molar-refractivity contribution < 1.29 is 4.79 Å². The smallest absolute Gasteiger partial charge is 0.233 e. The normalized spacial score (nSPS) is 15.2. The number of benzene rings is 1. The van der Waals surface area contributed by atoms with Crippen LogP contribution in [0, 0.1) is 0 Å². The molecule has 0 spiro atoms. The van der Waals surface area contributed by atoms with Gasteiger partial charge in [-0.15, -0.1) is 10.2 Å². The third-order valence-electron chi connectivity index (χ3n) is 4.60. The number of likely N-dealkylation sites (tertiary alicyclic amines) is 1. The number of hydrogen-bond acceptors (Lipinski definition) is 4. The first kappa shape index (κ1) is 18.0. The zero-order valence-electron chi connectivity index (χ0n) is 14.9. The van der Waals surface area contributed by atoms with Gasteiger partial charge in [0.1, 0.15) is 5.82 Å². The number of carbonyl (C=O) groups excluding carboxylic acids is 1. The molecule has 1 aliphatic heterocycles. The molecule has 0 saturated carbocycles. The predicted molar refractivity (Wildman–Crippen MR) is 101 cm³/mol. The van der Waals surface area contributed by atoms with Gasteiger partial charge in [-0.1, -0.05) is 54.9 Å². The molecule has 2 aromatic rings. The summed E-state index contributed by atoms with van der Waals surface area (Å²) in [6, 6.07) is 10.3. The van der Waals surface area contributed by atoms with Gasteiger partial charge in [-0.05, 0) is 25.3 Å². The van der Waals surface area contributed by atoms with Crippen LogP contribution in [0.4, 0.5) is 0 Å². The third kappa shape index (κ3) is 4.84. The molecule has 0 aliphatic carbocycles. The lowest BCUT2D eigenvalue weighted by Gasteiger charge is -2.19. The van der Waals surface area contributed by atoms with Crippen molar-refractivity contribution in [1.82, 2.24) is 19.7 Å². The van der Waals surface area contributed by atoms with E-state index >= 15 is 0 Å². The van der Waals surface area contributed by atoms with Crippen LogP contribution in [0.5, 0.6) is 0 Å². The van der Waals surface area contributed by atoms with Crippen molar-refractivity contribution in [3.05, 3.63) is 41.7 Å². The monoisotopic (exact) mass is 358 g/mol. The highest BCUT2D eigenvalue weighted by atomic mass is 32.2. The molecule has 6 heteroatoms. The van der Waals surface area contributed by atoms with Crippen LogP contribution in [0.3, 0.4) is 0 Å². The number of hydrogen-bond donors (Lipinski definition) is 0. The first-order valence-electron chi connectivity index (χ1n) is 9.14. The van der Waals surface area contributed by atoms with E-state index < -0.39 is 0 Å². The van der Waals surface area contributed by atoms with E-state index in [0.29, 0.717) is 5.75 Å². The Morgan fingerprint density at radius 1 is 1.08 bits per heavy atom. The molecule has 0 radical (unpaired) electrons. The van der Waals surface area contributed by atoms with Crippen LogP contribution >= 0.6 is 11.8 Å². The summed E-state index contributed by atoms with van der Waals surface area (Å²) in [4.78, 5) is 14.5. The van der Waals surface area contributed by atoms with Crippen LogP contribution in [-0.2, 0) is 17.8 Å². The van der Waals surface area contributed by atoms with Gasteiger partial charge in [-0.3, -0.25) is 4.79 Å². The lowest BCUT2D eigenvalue weighted by atomic mass is 10.1. The van der Waals surface area contributed by atoms with Crippen LogP contribution in [0.1, 0.15) is 44.0 Å². The van der Waals surface area contributed by atoms with E-state index in [4.69, 9.17) is 0 Å². The summed E-state index contributed by atoms with van der Waals surface area (Å²) in [5, 5.41) is 9.52. The second-order valence-corrected chi connectivity index (χ2v) is 7.33. The van der Waals surface area contributed by atoms with Crippen molar-refractivity contribution in [2.24, 2.45) is 0 Å². The van der Waals surface area contributed by atoms with Crippen LogP contribution in [0.25, 0.3) is 0 Å². The van der Waals surface area contributed by atoms with Crippen LogP contribution in [-0.4, -0.2) is 44.4 Å². The van der Waals surface area contributed by atoms with Crippen molar-refractivity contribution in [3.8, 4) is 0 Å². The zero-order chi connectivity index (χ0) is 17.5. The Morgan fingerprint density at radius 3 is 2.48 bits per heavy atom. The second-order valence-electron chi connectivity index (χ2n) is 6.39. The molecular weight excluding hydrogens is 332 g/mol. The molecule has 5 nitrogen and oxygen atoms in total. The molecule has 1 fully saturated rings. The maximum Gasteiger partial charge on any atom is 0.233 e. The fraction of sp³-hybridized carbons (Fsp3) is 0.526. The highest BCUT2D eigenvalue weighted by Gasteiger charge is 2.18. The molecular formula is C19H26N4OS. The molecule has 134 valence electrons. The summed E-state index contributed by atoms with van der Waals surface area (Å²) in [6.45, 7) is 4.71. The summed E-state index contributed by atoms with van der Waals surface area (Å²) < 4.78 is 2.12. The van der Waals surface area contributed by atoms with Gasteiger partial charge in [0.15, 0.2) is 5.16 Å². The van der Waals surface area contributed by atoms with E-state index in [-0.39, 0.29) is 5.91 Å². The third-order valence-corrected chi connectivity index (χ3v) is 5.55. The van der Waals surface area contributed by atoms with Crippen LogP contribution in [0.15, 0.2) is 35.5 Å². The highest BCUT2D eigenvalue weighted by Crippen LogP contribution is 2.20. The van der Waals surface area contributed by atoms with Crippen LogP contribution in [0.2, 0.25) is 0 Å². The molecule has 2 heterocycles. The highest BCUT2D eigenvalue weighted by molar-refractivity contribution is 7.99. The SMILES string of the molecule is CCn1c(Cc2ccccc2)nnc1SCC(=O)N1CCCCCC1. The Hall–Kier alpha value is -1.82. The largest absolute Gasteiger partial charge is 0.342 e. The molecule has 0 bridgehead atoms. The van der Waals surface area contributed by atoms with Crippen molar-refractivity contribution in [1.29, 1.82) is 0 Å². The lowest BCUT2D eigenvalue weighted by molar-refractivity contribution is -0.128. The standard InChI is InChI=1S/C19H26N4OS/c1-2-23-17(14-16-10-6-5-7-11-16)20-21-19(23)25-15-18(24)22-12-8-3-4-9-13-22/h5-7,10-11H,2-4,8-9,12-15H2,1H3. The van der Waals surface area contributed by atoms with Gasteiger partial charge in [0.05, 0.1) is 5.75 Å². The lowest BCUT2D eigenvalue weighted by Crippen LogP contribution is -2.33. The van der Waals surface area contributed by atoms with Gasteiger partial charge in [-0.2, -0.15) is 0 Å². The van der Waals surface area contributed by atoms with Crippen molar-refractivity contribution in [2.75, 3.05) is 18.8 Å². The Labute approximate surface area is 153 Å². The van der Waals surface area contributed by atoms with Crippen molar-refractivity contribution >= 4 is 17.7 Å². The van der Waals surface area contributed by atoms with Crippen molar-refractivity contribution in [3.63, 3.8) is 0 Å². The van der Waals surface area contributed by atoms with E-state index in [0.717, 1.165) is 49.9 Å². The van der Waals surface area contributed by atoms with Gasteiger partial charge in [-0.25, -0.2) is 0 Å². The molecule has 1 aromatic heterocycles. The van der Waals surface area contributed by atoms with Gasteiger partial charge in [0.25, 0.3) is 0 Å². The fourth-order valence-corrected chi connectivity index (χ4v) is 4.11. The summed E-state index contributed by atoms with van der Waals surface area (Å²) in [5.41, 5.74) is 1.22. The van der Waals surface area contributed by atoms with Crippen molar-refractivity contribution in [2.45, 2.75) is 50.7 Å². The van der Waals surface area contributed by atoms with E-state index in [1.807, 2.05) is 23.1 Å². The Balaban J connectivity index is 1.61. The molecule has 1 aromatic carbocycles. The van der Waals surface area contributed by atoms with Gasteiger partial charge in [0, 0.05) is 26.1 Å². The number of aromatic nitrogens is 3. The zero-order valence-corrected chi connectivity index (χ0v) is 15.7. The summed E-state index contributed by atoms with van der Waals surface area (Å²) in [6.07, 6.45) is 5.50. The van der Waals surface area contributed by atoms with E-state index in [1.54, 1.807) is 0 Å². The molecule has 1 aliphatic rings. The molecule has 1 amide bonds. The number of rotatable bonds is 6. The minimum absolute atomic E-state index is 0.224. The Morgan fingerprint density at radius 2 is 1.80 bits per heavy atom. The maximum absolute atomic E-state index is 12.5. The van der Waals surface area contributed by atoms with E-state index in [2.05, 4.69) is 33.8 Å². The van der Waals surface area contributed by atoms with Crippen LogP contribution < -0.4 is 0 Å². The predicted octanol–water partition coefficient (Wildman–Crippen LogP) is 3.38. The summed E-state index contributed by atoms with van der Waals surface area (Å²) in [5.74, 6) is 1.63. The molecule has 1 saturated heterocycles. The molecule has 25 heavy (non-hydrogen) atoms. The number of nitrogens with zero attached hydrogens (tertiary/aromatic N) is 4. The maximum atomic E-state index is 12.5. The topological polar surface area (TPSA) is 51.0 Å². The average Bonchev–Trinajstić information content (AvgIpc) is 2.84. The number of thioether (sulfide) groups is 1. The van der Waals surface area contributed by atoms with E-state index in [1.165, 1.54) is 30.2 Å². The summed E-state index contributed by atoms with van der Waals surface area (Å²) >= 11 is 1.51. The number of amides is 1. The minimum atomic E-state index is 0.224. The first-order chi connectivity index (χ1) is 12.3. The molecule has 0 unspecified atom stereocenters. The van der Waals surface area contributed by atoms with E-state index in [9.17, 15) is 4.79 Å². The van der Waals surface area contributed by atoms with Gasteiger partial charge < -0.3 is 9.47 Å². The van der Waals surface area contributed by atoms with Gasteiger partial charge >= 0.3 is 0 Å². The second kappa shape index (κ2) is 9.04. The average molecular weight is 359 g/mol. The number of carbonyl (C=O) groups is 1. The fourth-order valence-electron chi connectivity index (χ4n) is 3.19. The first-order valence-corrected chi connectivity index (χ1v) is 10.1. The quantitative estimate of drug-likeness (QED) is 0.743. The Kier molecular flexibility index (Phi) is 6.50. The minimum Gasteiger partial charge on any atom is -0.342 e. The molecule has 0 atom stereocenters. The molecule has 3 rings (SSSR count).